The van der Waals surface area contributed by atoms with E-state index < -0.39 is 114 Å². The molecule has 3 aromatic heterocycles. The SMILES string of the molecule is CC(=O)O[C@H]1C=C[C@@H](O)C1.CC1(C)O[C@@H]2[C@H](O1)[C@@H](O)C[C@H]2N.CC1(C)O[C@@H]2[C@H](O1)[C@@H](O)C[C@H]2N1C(=O)c2ccccc2C1=O.CSc1nc(C)c(-c2nc3ccccc3s2)c(N[C@@H]2C[C@H](O)[C@H]3OC(C)(C)O[C@H]32)n1.CSc1nc(C)c(I)c(N[C@@H]2C[C@H](O)[C@H]3OC(C)(C)O[C@H]32)n1.O=C1c2ccccc2C(=O)N1[C@@H]1C[C@H](O)[C@@H](O)[C@H]1O.O=C1c2ccccc2C(=O)N1[C@H]1C=C[C@@H](O)C1. The molecule has 7 aliphatic carbocycles. The number of halogens is 1. The first kappa shape index (κ1) is 98.1. The van der Waals surface area contributed by atoms with Crippen molar-refractivity contribution in [1.29, 1.82) is 0 Å². The molecule has 14 aliphatic rings. The zero-order chi connectivity index (χ0) is 95.0. The number of esters is 1. The summed E-state index contributed by atoms with van der Waals surface area (Å²) >= 11 is 6.88. The fourth-order valence-corrected chi connectivity index (χ4v) is 21.3. The van der Waals surface area contributed by atoms with E-state index in [0.717, 1.165) is 57.4 Å². The van der Waals surface area contributed by atoms with E-state index in [1.165, 1.54) is 40.2 Å². The van der Waals surface area contributed by atoms with Crippen molar-refractivity contribution in [2.24, 2.45) is 5.73 Å². The monoisotopic (exact) mass is 1990 g/mol. The predicted molar refractivity (Wildman–Crippen MR) is 489 cm³/mol. The molecule has 0 spiro atoms. The number of thiazole rings is 1. The Morgan fingerprint density at radius 1 is 0.447 bits per heavy atom. The average molecular weight is 1990 g/mol. The van der Waals surface area contributed by atoms with Crippen LogP contribution in [0.4, 0.5) is 11.6 Å². The van der Waals surface area contributed by atoms with Gasteiger partial charge >= 0.3 is 5.97 Å². The maximum Gasteiger partial charge on any atom is 0.303 e. The van der Waals surface area contributed by atoms with E-state index in [1.807, 2.05) is 86.1 Å². The second-order valence-electron chi connectivity index (χ2n) is 36.2. The first-order valence-corrected chi connectivity index (χ1v) is 47.9. The Labute approximate surface area is 787 Å². The Morgan fingerprint density at radius 2 is 0.833 bits per heavy atom. The quantitative estimate of drug-likeness (QED) is 0.0156. The molecule has 13 N–H and O–H groups in total. The number of amides is 6. The molecule has 7 aromatic rings. The van der Waals surface area contributed by atoms with Crippen LogP contribution >= 0.6 is 57.5 Å². The van der Waals surface area contributed by atoms with E-state index in [4.69, 9.17) is 63.4 Å². The minimum Gasteiger partial charge on any atom is -0.458 e. The summed E-state index contributed by atoms with van der Waals surface area (Å²) in [7, 11) is 0. The summed E-state index contributed by atoms with van der Waals surface area (Å²) in [6.07, 6.45) is 3.68. The van der Waals surface area contributed by atoms with Crippen LogP contribution in [0.15, 0.2) is 132 Å². The molecule has 4 saturated heterocycles. The zero-order valence-electron chi connectivity index (χ0n) is 74.7. The van der Waals surface area contributed by atoms with Crippen molar-refractivity contribution in [1.82, 2.24) is 39.6 Å². The van der Waals surface area contributed by atoms with Gasteiger partial charge in [-0.2, -0.15) is 0 Å². The van der Waals surface area contributed by atoms with E-state index in [9.17, 15) is 74.4 Å². The molecule has 0 radical (unpaired) electrons. The summed E-state index contributed by atoms with van der Waals surface area (Å²) in [5, 5.41) is 97.0. The summed E-state index contributed by atoms with van der Waals surface area (Å²) in [4.78, 5) is 111. The molecule has 36 nitrogen and oxygen atoms in total. The molecule has 24 atom stereocenters. The van der Waals surface area contributed by atoms with Gasteiger partial charge in [-0.05, 0) is 191 Å². The third kappa shape index (κ3) is 20.5. The molecule has 6 amide bonds. The number of hydrogen-bond donors (Lipinski definition) is 12. The number of fused-ring (bicyclic) bond motifs is 8. The normalized spacial score (nSPS) is 33.0. The van der Waals surface area contributed by atoms with Gasteiger partial charge in [0.05, 0.1) is 137 Å². The first-order chi connectivity index (χ1) is 62.4. The second kappa shape index (κ2) is 39.4. The molecule has 0 bridgehead atoms. The van der Waals surface area contributed by atoms with Crippen molar-refractivity contribution in [2.75, 3.05) is 23.1 Å². The van der Waals surface area contributed by atoms with Gasteiger partial charge in [-0.3, -0.25) is 48.3 Å². The number of rotatable bonds is 11. The maximum absolute atomic E-state index is 12.6. The third-order valence-electron chi connectivity index (χ3n) is 24.8. The highest BCUT2D eigenvalue weighted by atomic mass is 127. The van der Waals surface area contributed by atoms with E-state index in [0.29, 0.717) is 59.5 Å². The van der Waals surface area contributed by atoms with Crippen LogP contribution in [0.1, 0.15) is 181 Å². The van der Waals surface area contributed by atoms with Crippen LogP contribution in [-0.2, 0) is 47.4 Å². The first-order valence-electron chi connectivity index (χ1n) is 43.6. The minimum absolute atomic E-state index is 0.0200. The van der Waals surface area contributed by atoms with Crippen molar-refractivity contribution in [2.45, 2.75) is 301 Å². The van der Waals surface area contributed by atoms with Gasteiger partial charge in [-0.25, -0.2) is 24.9 Å². The summed E-state index contributed by atoms with van der Waals surface area (Å²) in [6, 6.07) is 26.1. The molecule has 7 aliphatic heterocycles. The summed E-state index contributed by atoms with van der Waals surface area (Å²) in [5.41, 5.74) is 11.7. The van der Waals surface area contributed by atoms with Crippen LogP contribution in [0.25, 0.3) is 20.8 Å². The second-order valence-corrected chi connectivity index (χ2v) is 39.8. The number of hydrogen-bond acceptors (Lipinski definition) is 36. The number of nitrogens with two attached hydrogens (primary N) is 1. The molecular weight excluding hydrogens is 1880 g/mol. The summed E-state index contributed by atoms with van der Waals surface area (Å²) < 4.78 is 53.3. The van der Waals surface area contributed by atoms with Crippen LogP contribution in [0, 0.1) is 17.4 Å². The van der Waals surface area contributed by atoms with Gasteiger partial charge in [0.2, 0.25) is 0 Å². The number of carbonyl (C=O) groups excluding carboxylic acids is 7. The number of nitrogens with one attached hydrogen (secondary N) is 2. The van der Waals surface area contributed by atoms with Crippen molar-refractivity contribution >= 4 is 121 Å². The van der Waals surface area contributed by atoms with Gasteiger partial charge < -0.3 is 105 Å². The van der Waals surface area contributed by atoms with Gasteiger partial charge in [0, 0.05) is 25.8 Å². The summed E-state index contributed by atoms with van der Waals surface area (Å²) in [5.74, 6) is -3.75. The Morgan fingerprint density at radius 3 is 1.27 bits per heavy atom. The molecule has 0 unspecified atom stereocenters. The molecule has 40 heteroatoms. The van der Waals surface area contributed by atoms with E-state index >= 15 is 0 Å². The van der Waals surface area contributed by atoms with Crippen molar-refractivity contribution < 1.29 is 122 Å². The molecule has 132 heavy (non-hydrogen) atoms. The zero-order valence-corrected chi connectivity index (χ0v) is 79.3. The maximum atomic E-state index is 12.6. The van der Waals surface area contributed by atoms with E-state index in [-0.39, 0.29) is 120 Å². The number of thioether (sulfide) groups is 2. The highest BCUT2D eigenvalue weighted by Crippen LogP contribution is 2.47. The standard InChI is InChI=1S/C21H24N4O3S2.C16H17NO5.C14H20IN3O3S.C13H13NO5.C13H11NO3.C8H15NO3.C7H10O3/c1-10-15(19-24-11-7-5-6-8-14(11)30-19)18(25-20(22-10)29-4)23-12-9-13(26)17-16(12)27-21(2,3)28-17;1-16(2)21-12-10(7-11(18)13(12)22-16)17-14(19)8-5-3-4-6-9(8)15(17)20;1-6-9(15)12(18-13(16-6)22-4)17-7-5-8(19)11-10(7)20-14(2,3)21-11;15-9-5-8(10(16)11(9)17)14-12(18)6-3-1-2-4-7(6)13(14)19;15-9-6-5-8(7-9)14-12(16)10-3-1-2-4-11(10)13(14)17;1-8(2)11-6-4(9)3-5(10)7(6)12-8;1-5(8)10-7-3-2-6(9)4-7/h5-8,12-13,16-17,26H,9H2,1-4H3,(H,22,23,25);3-6,10-13,18H,7H2,1-2H3;7-8,10-11,19H,5H2,1-4H3,(H,16,17,18);1-4,8-11,15-17H,5H2;1-6,8-9,15H,7H2;4-7,10H,3,9H2,1-2H3;2-3,6-7,9H,4H2,1H3/t12-,13+,16+,17-;10-,11+,12+,13-;7-,8+,10+,11-;8-,9+,10+,11-;8-,9+;4-,5+,6+,7-;6-,7+/m1111011/s1. The van der Waals surface area contributed by atoms with Gasteiger partial charge in [0.1, 0.15) is 83.8 Å². The van der Waals surface area contributed by atoms with E-state index in [1.54, 1.807) is 122 Å². The number of anilines is 2. The van der Waals surface area contributed by atoms with Crippen LogP contribution in [-0.4, -0.2) is 309 Å². The number of para-hydroxylation sites is 1. The van der Waals surface area contributed by atoms with Crippen molar-refractivity contribution in [3.63, 3.8) is 0 Å². The van der Waals surface area contributed by atoms with Crippen LogP contribution in [0.3, 0.4) is 0 Å². The lowest BCUT2D eigenvalue weighted by atomic mass is 10.1. The Kier molecular flexibility index (Phi) is 29.3. The highest BCUT2D eigenvalue weighted by molar-refractivity contribution is 14.1. The number of aromatic nitrogens is 5. The fourth-order valence-electron chi connectivity index (χ4n) is 19.0. The smallest absolute Gasteiger partial charge is 0.303 e. The van der Waals surface area contributed by atoms with Gasteiger partial charge in [-0.1, -0.05) is 90.3 Å². The number of benzene rings is 4. The Balaban J connectivity index is 0.000000120. The number of nitrogens with zero attached hydrogens (tertiary/aromatic N) is 8. The number of aliphatic hydroxyl groups excluding tert-OH is 9. The van der Waals surface area contributed by atoms with Crippen molar-refractivity contribution in [3.8, 4) is 10.6 Å². The Hall–Kier alpha value is -8.39. The van der Waals surface area contributed by atoms with Crippen molar-refractivity contribution in [3.05, 3.63) is 170 Å². The Bertz CT molecular complexity index is 5440. The lowest BCUT2D eigenvalue weighted by molar-refractivity contribution is -0.166. The number of ether oxygens (including phenoxy) is 9. The van der Waals surface area contributed by atoms with Gasteiger partial charge in [0.15, 0.2) is 33.5 Å². The van der Waals surface area contributed by atoms with Crippen LogP contribution in [0.2, 0.25) is 0 Å². The summed E-state index contributed by atoms with van der Waals surface area (Å²) in [6.45, 7) is 20.0. The number of imide groups is 3. The number of aryl methyl sites for hydroxylation is 2. The number of aliphatic hydroxyl groups is 9. The lowest BCUT2D eigenvalue weighted by Crippen LogP contribution is -2.46. The van der Waals surface area contributed by atoms with Gasteiger partial charge in [-0.15, -0.1) is 11.3 Å². The molecule has 9 fully saturated rings. The molecule has 10 heterocycles. The largest absolute Gasteiger partial charge is 0.458 e. The molecule has 708 valence electrons. The molecular formula is C92H110IN11O25S3. The average Bonchev–Trinajstić information content (AvgIpc) is 1.59. The highest BCUT2D eigenvalue weighted by Gasteiger charge is 2.61. The minimum atomic E-state index is -1.34. The molecule has 21 rings (SSSR count). The van der Waals surface area contributed by atoms with Crippen LogP contribution in [0.5, 0.6) is 0 Å². The topological polar surface area (TPSA) is 509 Å². The third-order valence-corrected chi connectivity index (χ3v) is 28.2. The van der Waals surface area contributed by atoms with Gasteiger partial charge in [0.25, 0.3) is 35.4 Å². The predicted octanol–water partition coefficient (Wildman–Crippen LogP) is 6.91. The van der Waals surface area contributed by atoms with Crippen LogP contribution < -0.4 is 16.4 Å². The molecule has 5 saturated carbocycles. The fraction of sp³-hybridized carbons (Fsp3) is 0.522. The van der Waals surface area contributed by atoms with E-state index in [2.05, 4.69) is 54.2 Å². The number of carbonyl (C=O) groups is 7. The molecule has 4 aromatic carbocycles. The lowest BCUT2D eigenvalue weighted by Gasteiger charge is -2.27.